The predicted octanol–water partition coefficient (Wildman–Crippen LogP) is 23.6. The van der Waals surface area contributed by atoms with Crippen LogP contribution in [0.1, 0.15) is 66.8 Å². The van der Waals surface area contributed by atoms with Gasteiger partial charge in [0.15, 0.2) is 0 Å². The standard InChI is InChI=1S/C105H62BN3/c1-2-27-63(28-3-1)64-53-55-65(56-54-64)107-94-60-58-88-97(77-38-11-22-48-86(77)103(88)79-41-15-4-29-67(79)68-30-5-16-42-80(68)103)101(94)106-90-59-57-89-98(78-39-12-23-49-87(78)104(89)81-43-17-6-31-69(81)70-32-7-18-44-82(70)104)102(90)109(96-62-66(61-95(107)100(96)106)108-91-50-24-13-36-74(91)75-37-14-25-51-92(75)108)93-52-26-40-76-73-35-10-21-47-85(73)105(99(76)93)83-45-19-8-33-71(83)72-34-9-20-46-84(72)105/h1-62H. The topological polar surface area (TPSA) is 11.4 Å². The lowest BCUT2D eigenvalue weighted by Crippen LogP contribution is -2.62. The molecule has 2 aliphatic heterocycles. The molecular weight excluding hydrogens is 1310 g/mol. The number of anilines is 6. The number of nitrogens with zero attached hydrogens (tertiary/aromatic N) is 3. The first-order valence-corrected chi connectivity index (χ1v) is 38.4. The van der Waals surface area contributed by atoms with Crippen molar-refractivity contribution in [3.63, 3.8) is 0 Å². The molecule has 0 unspecified atom stereocenters. The first-order chi connectivity index (χ1) is 54.1. The molecule has 0 N–H and O–H groups in total. The van der Waals surface area contributed by atoms with Crippen LogP contribution in [-0.4, -0.2) is 11.3 Å². The average molecular weight is 1380 g/mol. The Morgan fingerprint density at radius 1 is 0.220 bits per heavy atom. The molecule has 18 aromatic rings. The molecule has 500 valence electrons. The molecule has 8 aliphatic rings. The Labute approximate surface area is 631 Å². The summed E-state index contributed by atoms with van der Waals surface area (Å²) in [5, 5.41) is 2.44. The van der Waals surface area contributed by atoms with Gasteiger partial charge in [-0.1, -0.05) is 328 Å². The lowest BCUT2D eigenvalue weighted by molar-refractivity contribution is 0.791. The van der Waals surface area contributed by atoms with Gasteiger partial charge in [-0.3, -0.25) is 0 Å². The summed E-state index contributed by atoms with van der Waals surface area (Å²) in [6.45, 7) is -0.323. The number of fused-ring (bicyclic) bond motifs is 39. The van der Waals surface area contributed by atoms with Crippen LogP contribution < -0.4 is 26.2 Å². The van der Waals surface area contributed by atoms with E-state index in [1.54, 1.807) is 0 Å². The van der Waals surface area contributed by atoms with E-state index in [0.717, 1.165) is 39.5 Å². The van der Waals surface area contributed by atoms with E-state index in [9.17, 15) is 0 Å². The molecule has 109 heavy (non-hydrogen) atoms. The molecule has 0 fully saturated rings. The minimum absolute atomic E-state index is 0.323. The van der Waals surface area contributed by atoms with Crippen LogP contribution in [0.5, 0.6) is 0 Å². The average Bonchev–Trinajstić information content (AvgIpc) is 1.45. The minimum atomic E-state index is -0.719. The molecule has 4 heteroatoms. The second-order valence-corrected chi connectivity index (χ2v) is 31.0. The highest BCUT2D eigenvalue weighted by Gasteiger charge is 2.60. The lowest BCUT2D eigenvalue weighted by atomic mass is 9.32. The number of aromatic nitrogens is 1. The van der Waals surface area contributed by atoms with E-state index >= 15 is 0 Å². The van der Waals surface area contributed by atoms with Crippen LogP contribution in [0.4, 0.5) is 34.1 Å². The summed E-state index contributed by atoms with van der Waals surface area (Å²) in [6, 6.07) is 146. The molecule has 1 aromatic heterocycles. The quantitative estimate of drug-likeness (QED) is 0.163. The molecule has 0 saturated heterocycles. The lowest BCUT2D eigenvalue weighted by Gasteiger charge is -2.47. The van der Waals surface area contributed by atoms with Crippen molar-refractivity contribution in [2.75, 3.05) is 9.80 Å². The molecule has 0 atom stereocenters. The molecule has 3 heterocycles. The third-order valence-electron chi connectivity index (χ3n) is 26.6. The second kappa shape index (κ2) is 20.8. The smallest absolute Gasteiger partial charge is 0.252 e. The van der Waals surface area contributed by atoms with Gasteiger partial charge in [0.1, 0.15) is 0 Å². The zero-order chi connectivity index (χ0) is 70.7. The Balaban J connectivity index is 0.875. The van der Waals surface area contributed by atoms with Crippen LogP contribution in [0, 0.1) is 0 Å². The SMILES string of the molecule is c1ccc(-c2ccc(N3c4cc(-n5c6ccccc6c6ccccc65)cc5c4B(c4ccc6c(c4N5c4cccc5c4C4(c7ccccc7-c7ccccc74)c4ccccc4-5)-c4ccccc4C64c5ccccc5-c5ccccc54)c4c3ccc3c4-c4ccccc4C34c3ccccc3-c3ccccc34)cc2)cc1. The summed E-state index contributed by atoms with van der Waals surface area (Å²) in [4.78, 5) is 5.55. The Morgan fingerprint density at radius 2 is 0.596 bits per heavy atom. The van der Waals surface area contributed by atoms with E-state index < -0.39 is 16.2 Å². The third kappa shape index (κ3) is 6.88. The molecule has 0 radical (unpaired) electrons. The largest absolute Gasteiger partial charge is 0.311 e. The second-order valence-electron chi connectivity index (χ2n) is 31.0. The van der Waals surface area contributed by atoms with Crippen molar-refractivity contribution in [2.24, 2.45) is 0 Å². The Morgan fingerprint density at radius 3 is 1.10 bits per heavy atom. The summed E-state index contributed by atoms with van der Waals surface area (Å²) < 4.78 is 2.58. The maximum atomic E-state index is 2.86. The summed E-state index contributed by atoms with van der Waals surface area (Å²) in [6.07, 6.45) is 0. The van der Waals surface area contributed by atoms with E-state index in [0.29, 0.717) is 0 Å². The normalized spacial score (nSPS) is 15.0. The number of para-hydroxylation sites is 2. The van der Waals surface area contributed by atoms with Crippen LogP contribution in [0.2, 0.25) is 0 Å². The molecule has 0 saturated carbocycles. The van der Waals surface area contributed by atoms with Crippen LogP contribution >= 0.6 is 0 Å². The van der Waals surface area contributed by atoms with Gasteiger partial charge in [-0.2, -0.15) is 0 Å². The van der Waals surface area contributed by atoms with E-state index in [2.05, 4.69) is 390 Å². The highest BCUT2D eigenvalue weighted by atomic mass is 15.2. The summed E-state index contributed by atoms with van der Waals surface area (Å²) in [5.41, 5.74) is 45.7. The fraction of sp³-hybridized carbons (Fsp3) is 0.0286. The van der Waals surface area contributed by atoms with Gasteiger partial charge in [0.25, 0.3) is 6.71 Å². The number of hydrogen-bond acceptors (Lipinski definition) is 2. The Kier molecular flexibility index (Phi) is 11.2. The zero-order valence-electron chi connectivity index (χ0n) is 59.2. The third-order valence-corrected chi connectivity index (χ3v) is 26.6. The molecule has 3 spiro atoms. The highest BCUT2D eigenvalue weighted by molar-refractivity contribution is 7.01. The summed E-state index contributed by atoms with van der Waals surface area (Å²) in [5.74, 6) is 0. The number of hydrogen-bond donors (Lipinski definition) is 0. The molecule has 17 aromatic carbocycles. The van der Waals surface area contributed by atoms with Crippen molar-refractivity contribution < 1.29 is 0 Å². The van der Waals surface area contributed by atoms with Crippen molar-refractivity contribution >= 4 is 79.0 Å². The summed E-state index contributed by atoms with van der Waals surface area (Å²) >= 11 is 0. The van der Waals surface area contributed by atoms with Gasteiger partial charge >= 0.3 is 0 Å². The maximum Gasteiger partial charge on any atom is 0.252 e. The predicted molar refractivity (Wildman–Crippen MR) is 449 cm³/mol. The van der Waals surface area contributed by atoms with E-state index in [1.807, 2.05) is 0 Å². The van der Waals surface area contributed by atoms with Gasteiger partial charge in [0, 0.05) is 50.3 Å². The molecule has 26 rings (SSSR count). The van der Waals surface area contributed by atoms with Crippen LogP contribution in [0.25, 0.3) is 105 Å². The minimum Gasteiger partial charge on any atom is -0.311 e. The van der Waals surface area contributed by atoms with Crippen molar-refractivity contribution in [3.8, 4) is 83.6 Å². The molecule has 0 amide bonds. The Bertz CT molecular complexity index is 6950. The Hall–Kier alpha value is -13.8. The van der Waals surface area contributed by atoms with Gasteiger partial charge in [-0.25, -0.2) is 0 Å². The molecule has 6 aliphatic carbocycles. The van der Waals surface area contributed by atoms with Crippen LogP contribution in [0.15, 0.2) is 376 Å². The van der Waals surface area contributed by atoms with Crippen molar-refractivity contribution in [3.05, 3.63) is 443 Å². The number of rotatable bonds is 4. The number of benzene rings is 17. The zero-order valence-corrected chi connectivity index (χ0v) is 59.2. The monoisotopic (exact) mass is 1380 g/mol. The van der Waals surface area contributed by atoms with Crippen molar-refractivity contribution in [2.45, 2.75) is 16.2 Å². The molecule has 3 nitrogen and oxygen atoms in total. The van der Waals surface area contributed by atoms with Crippen LogP contribution in [-0.2, 0) is 16.2 Å². The van der Waals surface area contributed by atoms with Gasteiger partial charge in [-0.05, 0) is 198 Å². The van der Waals surface area contributed by atoms with Crippen molar-refractivity contribution in [1.82, 2.24) is 4.57 Å². The van der Waals surface area contributed by atoms with Gasteiger partial charge in [0.2, 0.25) is 0 Å². The first-order valence-electron chi connectivity index (χ1n) is 38.4. The fourth-order valence-electron chi connectivity index (χ4n) is 22.9. The van der Waals surface area contributed by atoms with Gasteiger partial charge in [0.05, 0.1) is 38.7 Å². The molecule has 0 bridgehead atoms. The van der Waals surface area contributed by atoms with Gasteiger partial charge in [-0.15, -0.1) is 0 Å². The fourth-order valence-corrected chi connectivity index (χ4v) is 22.9. The van der Waals surface area contributed by atoms with Crippen LogP contribution in [0.3, 0.4) is 0 Å². The highest BCUT2D eigenvalue weighted by Crippen LogP contribution is 2.70. The summed E-state index contributed by atoms with van der Waals surface area (Å²) in [7, 11) is 0. The van der Waals surface area contributed by atoms with Crippen molar-refractivity contribution in [1.29, 1.82) is 0 Å². The first kappa shape index (κ1) is 58.5. The molecular formula is C105H62BN3. The van der Waals surface area contributed by atoms with E-state index in [1.165, 1.54) is 183 Å². The van der Waals surface area contributed by atoms with E-state index in [4.69, 9.17) is 0 Å². The van der Waals surface area contributed by atoms with E-state index in [-0.39, 0.29) is 6.71 Å². The van der Waals surface area contributed by atoms with Gasteiger partial charge < -0.3 is 14.4 Å². The maximum absolute atomic E-state index is 2.86.